The van der Waals surface area contributed by atoms with Crippen LogP contribution in [0.25, 0.3) is 0 Å². The summed E-state index contributed by atoms with van der Waals surface area (Å²) in [6.07, 6.45) is 1.78. The summed E-state index contributed by atoms with van der Waals surface area (Å²) >= 11 is 11.9. The Morgan fingerprint density at radius 3 is 2.50 bits per heavy atom. The number of halogens is 2. The van der Waals surface area contributed by atoms with Gasteiger partial charge in [-0.3, -0.25) is 4.79 Å². The average molecular weight is 366 g/mol. The van der Waals surface area contributed by atoms with E-state index in [1.165, 1.54) is 5.56 Å². The number of aryl methyl sites for hydroxylation is 1. The number of hydrogen-bond donors (Lipinski definition) is 1. The van der Waals surface area contributed by atoms with E-state index in [0.717, 1.165) is 17.9 Å². The number of rotatable bonds is 8. The van der Waals surface area contributed by atoms with Crippen LogP contribution in [0.2, 0.25) is 10.0 Å². The van der Waals surface area contributed by atoms with Gasteiger partial charge in [-0.25, -0.2) is 0 Å². The standard InChI is InChI=1S/C19H21Cl2NO2/c1-2-17(24-18-8-4-3-7-16(18)21)19(23)22-13-5-6-14-9-11-15(20)12-10-14/h3-4,7-12,17H,2,5-6,13H2,1H3,(H,22,23)/t17-/m1/s1. The molecule has 0 saturated heterocycles. The molecule has 0 saturated carbocycles. The molecule has 0 fully saturated rings. The number of nitrogens with one attached hydrogen (secondary N) is 1. The van der Waals surface area contributed by atoms with Crippen molar-refractivity contribution in [2.45, 2.75) is 32.3 Å². The minimum absolute atomic E-state index is 0.117. The van der Waals surface area contributed by atoms with Crippen molar-refractivity contribution in [3.8, 4) is 5.75 Å². The number of para-hydroxylation sites is 1. The van der Waals surface area contributed by atoms with Crippen molar-refractivity contribution in [2.75, 3.05) is 6.54 Å². The van der Waals surface area contributed by atoms with Crippen LogP contribution >= 0.6 is 23.2 Å². The van der Waals surface area contributed by atoms with Gasteiger partial charge in [0.1, 0.15) is 5.75 Å². The zero-order valence-electron chi connectivity index (χ0n) is 13.6. The molecule has 2 rings (SSSR count). The van der Waals surface area contributed by atoms with Gasteiger partial charge in [0.2, 0.25) is 0 Å². The van der Waals surface area contributed by atoms with Crippen LogP contribution in [0.3, 0.4) is 0 Å². The lowest BCUT2D eigenvalue weighted by molar-refractivity contribution is -0.128. The summed E-state index contributed by atoms with van der Waals surface area (Å²) in [5.41, 5.74) is 1.20. The van der Waals surface area contributed by atoms with Crippen LogP contribution in [-0.2, 0) is 11.2 Å². The van der Waals surface area contributed by atoms with Gasteiger partial charge in [0.05, 0.1) is 5.02 Å². The van der Waals surface area contributed by atoms with E-state index in [4.69, 9.17) is 27.9 Å². The fourth-order valence-corrected chi connectivity index (χ4v) is 2.59. The van der Waals surface area contributed by atoms with Gasteiger partial charge in [-0.15, -0.1) is 0 Å². The predicted octanol–water partition coefficient (Wildman–Crippen LogP) is 4.90. The molecule has 0 spiro atoms. The minimum Gasteiger partial charge on any atom is -0.479 e. The molecule has 2 aromatic carbocycles. The zero-order valence-corrected chi connectivity index (χ0v) is 15.1. The Bertz CT molecular complexity index is 659. The highest BCUT2D eigenvalue weighted by atomic mass is 35.5. The van der Waals surface area contributed by atoms with Crippen molar-refractivity contribution < 1.29 is 9.53 Å². The third-order valence-corrected chi connectivity index (χ3v) is 4.19. The van der Waals surface area contributed by atoms with Crippen LogP contribution in [0, 0.1) is 0 Å². The lowest BCUT2D eigenvalue weighted by atomic mass is 10.1. The van der Waals surface area contributed by atoms with Gasteiger partial charge in [-0.05, 0) is 49.1 Å². The second kappa shape index (κ2) is 9.55. The Kier molecular flexibility index (Phi) is 7.41. The smallest absolute Gasteiger partial charge is 0.261 e. The summed E-state index contributed by atoms with van der Waals surface area (Å²) in [6, 6.07) is 14.9. The molecule has 0 radical (unpaired) electrons. The SMILES string of the molecule is CC[C@@H](Oc1ccccc1Cl)C(=O)NCCCc1ccc(Cl)cc1. The molecule has 0 aliphatic heterocycles. The van der Waals surface area contributed by atoms with Gasteiger partial charge >= 0.3 is 0 Å². The van der Waals surface area contributed by atoms with Crippen molar-refractivity contribution in [1.82, 2.24) is 5.32 Å². The van der Waals surface area contributed by atoms with Gasteiger partial charge in [0.25, 0.3) is 5.91 Å². The molecule has 24 heavy (non-hydrogen) atoms. The molecule has 5 heteroatoms. The largest absolute Gasteiger partial charge is 0.479 e. The van der Waals surface area contributed by atoms with Gasteiger partial charge in [0.15, 0.2) is 6.10 Å². The summed E-state index contributed by atoms with van der Waals surface area (Å²) < 4.78 is 5.73. The van der Waals surface area contributed by atoms with Crippen LogP contribution in [-0.4, -0.2) is 18.6 Å². The van der Waals surface area contributed by atoms with Gasteiger partial charge in [-0.2, -0.15) is 0 Å². The van der Waals surface area contributed by atoms with E-state index < -0.39 is 6.10 Å². The molecule has 0 unspecified atom stereocenters. The van der Waals surface area contributed by atoms with E-state index in [2.05, 4.69) is 5.32 Å². The molecule has 0 heterocycles. The van der Waals surface area contributed by atoms with Crippen molar-refractivity contribution in [1.29, 1.82) is 0 Å². The minimum atomic E-state index is -0.541. The first-order chi connectivity index (χ1) is 11.6. The first kappa shape index (κ1) is 18.6. The van der Waals surface area contributed by atoms with E-state index in [1.807, 2.05) is 43.3 Å². The quantitative estimate of drug-likeness (QED) is 0.675. The molecule has 1 amide bonds. The summed E-state index contributed by atoms with van der Waals surface area (Å²) in [4.78, 5) is 12.2. The number of benzene rings is 2. The van der Waals surface area contributed by atoms with Crippen LogP contribution < -0.4 is 10.1 Å². The lowest BCUT2D eigenvalue weighted by Gasteiger charge is -2.18. The third kappa shape index (κ3) is 5.73. The molecule has 0 aromatic heterocycles. The van der Waals surface area contributed by atoms with Gasteiger partial charge in [-0.1, -0.05) is 54.4 Å². The maximum atomic E-state index is 12.2. The number of ether oxygens (including phenoxy) is 1. The first-order valence-corrected chi connectivity index (χ1v) is 8.79. The van der Waals surface area contributed by atoms with Crippen LogP contribution in [0.4, 0.5) is 0 Å². The molecule has 1 N–H and O–H groups in total. The Hall–Kier alpha value is -1.71. The molecule has 0 aliphatic carbocycles. The highest BCUT2D eigenvalue weighted by molar-refractivity contribution is 6.32. The molecular formula is C19H21Cl2NO2. The number of amides is 1. The summed E-state index contributed by atoms with van der Waals surface area (Å²) in [7, 11) is 0. The molecule has 1 atom stereocenters. The highest BCUT2D eigenvalue weighted by Gasteiger charge is 2.18. The zero-order chi connectivity index (χ0) is 17.4. The summed E-state index contributed by atoms with van der Waals surface area (Å²) in [5, 5.41) is 4.16. The lowest BCUT2D eigenvalue weighted by Crippen LogP contribution is -2.38. The molecular weight excluding hydrogens is 345 g/mol. The second-order valence-electron chi connectivity index (χ2n) is 5.47. The van der Waals surface area contributed by atoms with Crippen LogP contribution in [0.5, 0.6) is 5.75 Å². The molecule has 3 nitrogen and oxygen atoms in total. The van der Waals surface area contributed by atoms with E-state index in [-0.39, 0.29) is 5.91 Å². The maximum Gasteiger partial charge on any atom is 0.261 e. The molecule has 128 valence electrons. The maximum absolute atomic E-state index is 12.2. The predicted molar refractivity (Wildman–Crippen MR) is 98.9 cm³/mol. The number of hydrogen-bond acceptors (Lipinski definition) is 2. The normalized spacial score (nSPS) is 11.8. The highest BCUT2D eigenvalue weighted by Crippen LogP contribution is 2.24. The molecule has 2 aromatic rings. The van der Waals surface area contributed by atoms with Gasteiger partial charge < -0.3 is 10.1 Å². The van der Waals surface area contributed by atoms with Crippen molar-refractivity contribution in [3.63, 3.8) is 0 Å². The summed E-state index contributed by atoms with van der Waals surface area (Å²) in [5.74, 6) is 0.413. The monoisotopic (exact) mass is 365 g/mol. The Balaban J connectivity index is 1.77. The third-order valence-electron chi connectivity index (χ3n) is 3.62. The number of carbonyl (C=O) groups excluding carboxylic acids is 1. The summed E-state index contributed by atoms with van der Waals surface area (Å²) in [6.45, 7) is 2.51. The van der Waals surface area contributed by atoms with E-state index in [0.29, 0.717) is 23.7 Å². The number of carbonyl (C=O) groups is 1. The average Bonchev–Trinajstić information content (AvgIpc) is 2.59. The Morgan fingerprint density at radius 1 is 1.12 bits per heavy atom. The Labute approximate surface area is 152 Å². The Morgan fingerprint density at radius 2 is 1.83 bits per heavy atom. The fraction of sp³-hybridized carbons (Fsp3) is 0.316. The van der Waals surface area contributed by atoms with Crippen molar-refractivity contribution in [3.05, 3.63) is 64.1 Å². The first-order valence-electron chi connectivity index (χ1n) is 8.03. The second-order valence-corrected chi connectivity index (χ2v) is 6.31. The topological polar surface area (TPSA) is 38.3 Å². The fourth-order valence-electron chi connectivity index (χ4n) is 2.28. The van der Waals surface area contributed by atoms with E-state index in [1.54, 1.807) is 12.1 Å². The molecule has 0 bridgehead atoms. The van der Waals surface area contributed by atoms with Gasteiger partial charge in [0, 0.05) is 11.6 Å². The van der Waals surface area contributed by atoms with Crippen molar-refractivity contribution >= 4 is 29.1 Å². The van der Waals surface area contributed by atoms with Crippen LogP contribution in [0.1, 0.15) is 25.3 Å². The van der Waals surface area contributed by atoms with E-state index >= 15 is 0 Å². The van der Waals surface area contributed by atoms with E-state index in [9.17, 15) is 4.79 Å². The van der Waals surface area contributed by atoms with Crippen molar-refractivity contribution in [2.24, 2.45) is 0 Å². The van der Waals surface area contributed by atoms with Crippen LogP contribution in [0.15, 0.2) is 48.5 Å². The molecule has 0 aliphatic rings.